The number of carbonyl (C=O) groups is 1. The average molecular weight is 759 g/mol. The van der Waals surface area contributed by atoms with Crippen LogP contribution in [0.2, 0.25) is 5.02 Å². The Bertz CT molecular complexity index is 1770. The first-order valence-electron chi connectivity index (χ1n) is 18.2. The monoisotopic (exact) mass is 758 g/mol. The summed E-state index contributed by atoms with van der Waals surface area (Å²) in [4.78, 5) is 17.0. The molecule has 0 spiro atoms. The summed E-state index contributed by atoms with van der Waals surface area (Å²) in [6.07, 6.45) is 4.94. The maximum atomic E-state index is 13.5. The predicted octanol–water partition coefficient (Wildman–Crippen LogP) is 4.57. The molecule has 0 bridgehead atoms. The molecule has 284 valence electrons. The van der Waals surface area contributed by atoms with Gasteiger partial charge in [0.05, 0.1) is 23.7 Å². The van der Waals surface area contributed by atoms with Crippen molar-refractivity contribution in [1.82, 2.24) is 9.29 Å². The van der Waals surface area contributed by atoms with Crippen molar-refractivity contribution >= 4 is 27.4 Å². The second-order valence-electron chi connectivity index (χ2n) is 14.3. The lowest BCUT2D eigenvalue weighted by atomic mass is 9.85. The lowest BCUT2D eigenvalue weighted by Gasteiger charge is -2.25. The summed E-state index contributed by atoms with van der Waals surface area (Å²) in [6, 6.07) is 15.1. The number of para-hydroxylation sites is 1. The topological polar surface area (TPSA) is 178 Å². The van der Waals surface area contributed by atoms with E-state index in [2.05, 4.69) is 17.1 Å². The van der Waals surface area contributed by atoms with Gasteiger partial charge in [-0.3, -0.25) is 9.78 Å². The molecular formula is C39H51ClN2O9S. The molecule has 5 rings (SSSR count). The Balaban J connectivity index is 1.12. The Morgan fingerprint density at radius 1 is 0.981 bits per heavy atom. The van der Waals surface area contributed by atoms with Gasteiger partial charge in [-0.2, -0.15) is 0 Å². The third-order valence-corrected chi connectivity index (χ3v) is 12.5. The molecule has 2 aromatic carbocycles. The quantitative estimate of drug-likeness (QED) is 0.0913. The van der Waals surface area contributed by atoms with E-state index in [0.29, 0.717) is 30.7 Å². The summed E-state index contributed by atoms with van der Waals surface area (Å²) in [5.74, 6) is 0.745. The molecule has 2 fully saturated rings. The number of halogens is 1. The van der Waals surface area contributed by atoms with E-state index in [1.165, 1.54) is 23.0 Å². The molecule has 1 aromatic heterocycles. The molecule has 4 atom stereocenters. The van der Waals surface area contributed by atoms with Gasteiger partial charge in [-0.25, -0.2) is 12.7 Å². The first-order chi connectivity index (χ1) is 24.9. The van der Waals surface area contributed by atoms with E-state index < -0.39 is 41.0 Å². The molecule has 0 radical (unpaired) electrons. The summed E-state index contributed by atoms with van der Waals surface area (Å²) in [7, 11) is -2.25. The Hall–Kier alpha value is -2.94. The highest BCUT2D eigenvalue weighted by atomic mass is 35.5. The van der Waals surface area contributed by atoms with E-state index in [-0.39, 0.29) is 48.0 Å². The van der Waals surface area contributed by atoms with Crippen LogP contribution in [0.5, 0.6) is 5.75 Å². The van der Waals surface area contributed by atoms with Crippen molar-refractivity contribution in [2.45, 2.75) is 118 Å². The van der Waals surface area contributed by atoms with E-state index in [9.17, 15) is 33.6 Å². The zero-order valence-electron chi connectivity index (χ0n) is 29.6. The van der Waals surface area contributed by atoms with Gasteiger partial charge < -0.3 is 30.3 Å². The van der Waals surface area contributed by atoms with Gasteiger partial charge in [-0.05, 0) is 110 Å². The van der Waals surface area contributed by atoms with Crippen molar-refractivity contribution in [3.05, 3.63) is 77.1 Å². The minimum Gasteiger partial charge on any atom is -0.490 e. The first-order valence-corrected chi connectivity index (χ1v) is 20.0. The highest BCUT2D eigenvalue weighted by Crippen LogP contribution is 2.55. The number of ether oxygens (including phenoxy) is 1. The fourth-order valence-corrected chi connectivity index (χ4v) is 8.07. The Labute approximate surface area is 311 Å². The van der Waals surface area contributed by atoms with Crippen LogP contribution >= 0.6 is 11.6 Å². The van der Waals surface area contributed by atoms with Gasteiger partial charge in [-0.15, -0.1) is 0 Å². The molecule has 52 heavy (non-hydrogen) atoms. The van der Waals surface area contributed by atoms with Crippen LogP contribution in [0.1, 0.15) is 81.8 Å². The number of pyridine rings is 1. The zero-order chi connectivity index (χ0) is 37.5. The van der Waals surface area contributed by atoms with E-state index in [0.717, 1.165) is 54.5 Å². The number of carbonyl (C=O) groups excluding carboxylic acids is 1. The molecule has 2 saturated carbocycles. The summed E-state index contributed by atoms with van der Waals surface area (Å²) in [5.41, 5.74) is 4.04. The summed E-state index contributed by atoms with van der Waals surface area (Å²) in [6.45, 7) is -0.507. The van der Waals surface area contributed by atoms with Crippen LogP contribution in [-0.4, -0.2) is 99.7 Å². The molecule has 0 saturated heterocycles. The number of Topliss-reactive ketones (excluding diaryl/α,β-unsaturated/α-hetero) is 1. The van der Waals surface area contributed by atoms with Crippen LogP contribution in [0.25, 0.3) is 11.1 Å². The van der Waals surface area contributed by atoms with Crippen molar-refractivity contribution in [2.24, 2.45) is 0 Å². The van der Waals surface area contributed by atoms with E-state index >= 15 is 0 Å². The molecule has 0 unspecified atom stereocenters. The van der Waals surface area contributed by atoms with Crippen molar-refractivity contribution in [1.29, 1.82) is 0 Å². The molecule has 11 nitrogen and oxygen atoms in total. The summed E-state index contributed by atoms with van der Waals surface area (Å²) >= 11 is 6.63. The van der Waals surface area contributed by atoms with Crippen LogP contribution in [-0.2, 0) is 26.7 Å². The molecule has 13 heteroatoms. The first kappa shape index (κ1) is 40.2. The Morgan fingerprint density at radius 2 is 1.71 bits per heavy atom. The van der Waals surface area contributed by atoms with Crippen LogP contribution in [0.4, 0.5) is 0 Å². The van der Waals surface area contributed by atoms with E-state index in [1.54, 1.807) is 12.1 Å². The predicted molar refractivity (Wildman–Crippen MR) is 198 cm³/mol. The minimum absolute atomic E-state index is 0.0266. The van der Waals surface area contributed by atoms with Crippen molar-refractivity contribution < 1.29 is 43.5 Å². The zero-order valence-corrected chi connectivity index (χ0v) is 31.2. The maximum Gasteiger partial charge on any atom is 0.242 e. The molecule has 0 amide bonds. The molecule has 2 aliphatic rings. The standard InChI is InChI=1S/C39H51ClN2O9S/c1-42(22-6-2-3-7-27(44)10-15-34(45)37(47)38(48)35(46)25-43)52(49,50)29-13-14-33(40)26(23-29)16-18-39(19-20-39)32-24-41-21-17-30(32)31-8-4-5-9-36(31)51-28-11-12-28/h4-5,8-9,13-14,17,21,23-24,28,34-35,37-38,43,45-48H,2-3,6-7,10-12,15-16,18-20,22,25H2,1H3/t34-,35+,37+,38+/m0/s1. The molecule has 2 aliphatic carbocycles. The van der Waals surface area contributed by atoms with Crippen molar-refractivity contribution in [3.63, 3.8) is 0 Å². The Morgan fingerprint density at radius 3 is 2.42 bits per heavy atom. The smallest absolute Gasteiger partial charge is 0.242 e. The minimum atomic E-state index is -3.79. The molecule has 5 N–H and O–H groups in total. The number of unbranched alkanes of at least 4 members (excludes halogenated alkanes) is 2. The fourth-order valence-electron chi connectivity index (χ4n) is 6.59. The van der Waals surface area contributed by atoms with Crippen LogP contribution in [0.3, 0.4) is 0 Å². The fraction of sp³-hybridized carbons (Fsp3) is 0.538. The normalized spacial score (nSPS) is 17.8. The molecular weight excluding hydrogens is 708 g/mol. The highest BCUT2D eigenvalue weighted by molar-refractivity contribution is 7.89. The highest BCUT2D eigenvalue weighted by Gasteiger charge is 2.45. The number of aliphatic hydroxyl groups excluding tert-OH is 5. The van der Waals surface area contributed by atoms with Gasteiger partial charge in [0, 0.05) is 49.4 Å². The number of ketones is 1. The van der Waals surface area contributed by atoms with Gasteiger partial charge in [0.25, 0.3) is 0 Å². The third-order valence-electron chi connectivity index (χ3n) is 10.3. The van der Waals surface area contributed by atoms with E-state index in [1.807, 2.05) is 30.6 Å². The van der Waals surface area contributed by atoms with Crippen LogP contribution in [0.15, 0.2) is 65.8 Å². The third kappa shape index (κ3) is 10.2. The number of hydrogen-bond donors (Lipinski definition) is 5. The molecule has 0 aliphatic heterocycles. The number of aliphatic hydroxyl groups is 5. The largest absolute Gasteiger partial charge is 0.490 e. The summed E-state index contributed by atoms with van der Waals surface area (Å²) in [5, 5.41) is 48.5. The number of aryl methyl sites for hydroxylation is 1. The average Bonchev–Trinajstić information content (AvgIpc) is 4.10. The van der Waals surface area contributed by atoms with Gasteiger partial charge in [0.15, 0.2) is 0 Å². The summed E-state index contributed by atoms with van der Waals surface area (Å²) < 4.78 is 34.7. The molecule has 3 aromatic rings. The number of rotatable bonds is 22. The maximum absolute atomic E-state index is 13.5. The second-order valence-corrected chi connectivity index (χ2v) is 16.7. The lowest BCUT2D eigenvalue weighted by molar-refractivity contribution is -0.125. The second kappa shape index (κ2) is 17.9. The molecule has 1 heterocycles. The number of nitrogens with zero attached hydrogens (tertiary/aromatic N) is 2. The Kier molecular flexibility index (Phi) is 13.9. The number of aromatic nitrogens is 1. The van der Waals surface area contributed by atoms with Gasteiger partial charge in [0.2, 0.25) is 10.0 Å². The van der Waals surface area contributed by atoms with Crippen molar-refractivity contribution in [3.8, 4) is 16.9 Å². The lowest BCUT2D eigenvalue weighted by Crippen LogP contribution is -2.45. The number of hydrogen-bond acceptors (Lipinski definition) is 10. The van der Waals surface area contributed by atoms with Gasteiger partial charge in [0.1, 0.15) is 29.8 Å². The SMILES string of the molecule is CN(CCCCCC(=O)CC[C@H](O)[C@@H](O)[C@H](O)[C@H](O)CO)S(=O)(=O)c1ccc(Cl)c(CCC2(c3cnccc3-c3ccccc3OC3CC3)CC2)c1. The van der Waals surface area contributed by atoms with Crippen LogP contribution < -0.4 is 4.74 Å². The number of benzene rings is 2. The van der Waals surface area contributed by atoms with Gasteiger partial charge >= 0.3 is 0 Å². The van der Waals surface area contributed by atoms with Gasteiger partial charge in [-0.1, -0.05) is 36.2 Å². The van der Waals surface area contributed by atoms with E-state index in [4.69, 9.17) is 21.4 Å². The number of sulfonamides is 1. The van der Waals surface area contributed by atoms with Crippen LogP contribution in [0, 0.1) is 0 Å². The van der Waals surface area contributed by atoms with Crippen molar-refractivity contribution in [2.75, 3.05) is 20.2 Å².